The van der Waals surface area contributed by atoms with Crippen LogP contribution in [0, 0.1) is 12.7 Å². The Kier molecular flexibility index (Phi) is 6.64. The summed E-state index contributed by atoms with van der Waals surface area (Å²) in [7, 11) is 0. The van der Waals surface area contributed by atoms with E-state index in [1.807, 2.05) is 56.5 Å². The zero-order chi connectivity index (χ0) is 25.5. The third-order valence-electron chi connectivity index (χ3n) is 6.39. The van der Waals surface area contributed by atoms with E-state index in [0.29, 0.717) is 40.4 Å². The molecule has 8 heteroatoms. The lowest BCUT2D eigenvalue weighted by Gasteiger charge is -2.35. The fourth-order valence-corrected chi connectivity index (χ4v) is 4.85. The number of halogens is 2. The highest BCUT2D eigenvalue weighted by Crippen LogP contribution is 2.41. The van der Waals surface area contributed by atoms with Crippen molar-refractivity contribution in [2.24, 2.45) is 0 Å². The maximum absolute atomic E-state index is 15.0. The van der Waals surface area contributed by atoms with Crippen molar-refractivity contribution < 1.29 is 19.1 Å². The topological polar surface area (TPSA) is 74.6 Å². The molecule has 1 unspecified atom stereocenters. The van der Waals surface area contributed by atoms with Gasteiger partial charge in [-0.05, 0) is 57.9 Å². The summed E-state index contributed by atoms with van der Waals surface area (Å²) in [6, 6.07) is 11.9. The number of nitrogens with one attached hydrogen (secondary N) is 1. The average molecular weight is 498 g/mol. The lowest BCUT2D eigenvalue weighted by molar-refractivity contribution is 0.0867. The summed E-state index contributed by atoms with van der Waals surface area (Å²) in [5, 5.41) is 13.0. The number of carbonyl (C=O) groups excluding carboxylic acids is 1. The largest absolute Gasteiger partial charge is 0.465 e. The Morgan fingerprint density at radius 3 is 2.63 bits per heavy atom. The molecule has 2 N–H and O–H groups in total. The number of aryl methyl sites for hydroxylation is 1. The third-order valence-corrected chi connectivity index (χ3v) is 6.63. The number of nitrogens with zero attached hydrogens (tertiary/aromatic N) is 2. The zero-order valence-corrected chi connectivity index (χ0v) is 21.0. The maximum atomic E-state index is 15.0. The van der Waals surface area contributed by atoms with Crippen LogP contribution < -0.4 is 5.32 Å². The molecule has 35 heavy (non-hydrogen) atoms. The summed E-state index contributed by atoms with van der Waals surface area (Å²) in [6.45, 7) is 8.14. The molecule has 1 aliphatic rings. The van der Waals surface area contributed by atoms with Crippen molar-refractivity contribution in [3.05, 3.63) is 70.8 Å². The first-order chi connectivity index (χ1) is 16.5. The number of hydrogen-bond donors (Lipinski definition) is 2. The molecule has 2 aromatic carbocycles. The standard InChI is InChI=1S/C27H29ClFN3O3/c1-16-6-5-7-17(12-16)23-21(20-13-18(28)8-9-22(20)29)15-31-19(14-30-25(33)24(23)31)10-11-32(26(34)35)27(2,3)4/h5-9,12-13,15,19H,10-11,14H2,1-4H3,(H,30,33)(H,34,35). The first-order valence-corrected chi connectivity index (χ1v) is 11.9. The Hall–Kier alpha value is -3.32. The smallest absolute Gasteiger partial charge is 0.407 e. The molecule has 1 atom stereocenters. The van der Waals surface area contributed by atoms with E-state index in [2.05, 4.69) is 5.32 Å². The minimum absolute atomic E-state index is 0.202. The molecule has 0 aliphatic carbocycles. The summed E-state index contributed by atoms with van der Waals surface area (Å²) in [6.07, 6.45) is 1.29. The molecule has 2 heterocycles. The van der Waals surface area contributed by atoms with E-state index in [4.69, 9.17) is 11.6 Å². The van der Waals surface area contributed by atoms with Crippen LogP contribution in [-0.4, -0.2) is 45.2 Å². The Labute approximate surface area is 209 Å². The van der Waals surface area contributed by atoms with Gasteiger partial charge in [-0.1, -0.05) is 41.4 Å². The van der Waals surface area contributed by atoms with Crippen LogP contribution in [0.2, 0.25) is 5.02 Å². The van der Waals surface area contributed by atoms with E-state index in [0.717, 1.165) is 11.1 Å². The van der Waals surface area contributed by atoms with Gasteiger partial charge in [0, 0.05) is 46.5 Å². The Balaban J connectivity index is 1.86. The number of rotatable bonds is 5. The molecular formula is C27H29ClFN3O3. The summed E-state index contributed by atoms with van der Waals surface area (Å²) in [5.74, 6) is -0.689. The molecule has 3 aromatic rings. The van der Waals surface area contributed by atoms with Crippen LogP contribution in [-0.2, 0) is 0 Å². The first kappa shape index (κ1) is 24.8. The number of hydrogen-bond acceptors (Lipinski definition) is 2. The Morgan fingerprint density at radius 2 is 1.97 bits per heavy atom. The summed E-state index contributed by atoms with van der Waals surface area (Å²) in [4.78, 5) is 26.4. The minimum Gasteiger partial charge on any atom is -0.465 e. The quantitative estimate of drug-likeness (QED) is 0.429. The van der Waals surface area contributed by atoms with E-state index in [-0.39, 0.29) is 18.5 Å². The number of aromatic nitrogens is 1. The van der Waals surface area contributed by atoms with Crippen LogP contribution in [0.4, 0.5) is 9.18 Å². The molecule has 1 aromatic heterocycles. The number of carboxylic acid groups (broad SMARTS) is 1. The SMILES string of the molecule is Cc1cccc(-c2c(-c3cc(Cl)ccc3F)cn3c2C(=O)NCC3CCN(C(=O)O)C(C)(C)C)c1. The molecule has 184 valence electrons. The second-order valence-corrected chi connectivity index (χ2v) is 10.4. The molecule has 0 radical (unpaired) electrons. The van der Waals surface area contributed by atoms with Gasteiger partial charge >= 0.3 is 6.09 Å². The number of fused-ring (bicyclic) bond motifs is 1. The maximum Gasteiger partial charge on any atom is 0.407 e. The Bertz CT molecular complexity index is 1300. The average Bonchev–Trinajstić information content (AvgIpc) is 3.17. The van der Waals surface area contributed by atoms with Crippen LogP contribution in [0.25, 0.3) is 22.3 Å². The van der Waals surface area contributed by atoms with Gasteiger partial charge in [0.2, 0.25) is 0 Å². The second kappa shape index (κ2) is 9.38. The number of benzene rings is 2. The summed E-state index contributed by atoms with van der Waals surface area (Å²) in [5.41, 5.74) is 3.18. The van der Waals surface area contributed by atoms with Crippen LogP contribution in [0.1, 0.15) is 49.3 Å². The van der Waals surface area contributed by atoms with E-state index >= 15 is 4.39 Å². The van der Waals surface area contributed by atoms with Crippen molar-refractivity contribution in [2.45, 2.75) is 45.7 Å². The van der Waals surface area contributed by atoms with E-state index in [1.54, 1.807) is 12.3 Å². The van der Waals surface area contributed by atoms with E-state index < -0.39 is 17.4 Å². The molecule has 0 saturated carbocycles. The molecular weight excluding hydrogens is 469 g/mol. The molecule has 0 saturated heterocycles. The first-order valence-electron chi connectivity index (χ1n) is 11.5. The van der Waals surface area contributed by atoms with Crippen molar-refractivity contribution in [2.75, 3.05) is 13.1 Å². The molecule has 2 amide bonds. The van der Waals surface area contributed by atoms with Crippen LogP contribution in [0.3, 0.4) is 0 Å². The normalized spacial score (nSPS) is 15.5. The zero-order valence-electron chi connectivity index (χ0n) is 20.2. The molecule has 6 nitrogen and oxygen atoms in total. The second-order valence-electron chi connectivity index (χ2n) is 9.92. The Morgan fingerprint density at radius 1 is 1.23 bits per heavy atom. The lowest BCUT2D eigenvalue weighted by atomic mass is 9.95. The van der Waals surface area contributed by atoms with Gasteiger partial charge < -0.3 is 19.9 Å². The fraction of sp³-hybridized carbons (Fsp3) is 0.333. The molecule has 0 spiro atoms. The van der Waals surface area contributed by atoms with Gasteiger partial charge in [0.15, 0.2) is 0 Å². The van der Waals surface area contributed by atoms with E-state index in [9.17, 15) is 14.7 Å². The van der Waals surface area contributed by atoms with Crippen LogP contribution in [0.5, 0.6) is 0 Å². The van der Waals surface area contributed by atoms with E-state index in [1.165, 1.54) is 17.0 Å². The fourth-order valence-electron chi connectivity index (χ4n) is 4.67. The lowest BCUT2D eigenvalue weighted by Crippen LogP contribution is -2.47. The van der Waals surface area contributed by atoms with Gasteiger partial charge in [0.25, 0.3) is 5.91 Å². The number of carbonyl (C=O) groups is 2. The number of amides is 2. The van der Waals surface area contributed by atoms with Crippen LogP contribution >= 0.6 is 11.6 Å². The highest BCUT2D eigenvalue weighted by atomic mass is 35.5. The minimum atomic E-state index is -0.993. The monoisotopic (exact) mass is 497 g/mol. The van der Waals surface area contributed by atoms with Gasteiger partial charge in [-0.25, -0.2) is 9.18 Å². The van der Waals surface area contributed by atoms with Crippen molar-refractivity contribution in [3.8, 4) is 22.3 Å². The summed E-state index contributed by atoms with van der Waals surface area (Å²) < 4.78 is 16.9. The van der Waals surface area contributed by atoms with Crippen molar-refractivity contribution in [1.29, 1.82) is 0 Å². The van der Waals surface area contributed by atoms with Gasteiger partial charge in [-0.3, -0.25) is 4.79 Å². The predicted octanol–water partition coefficient (Wildman–Crippen LogP) is 6.38. The molecule has 1 aliphatic heterocycles. The molecule has 0 fully saturated rings. The van der Waals surface area contributed by atoms with Crippen molar-refractivity contribution in [1.82, 2.24) is 14.8 Å². The summed E-state index contributed by atoms with van der Waals surface area (Å²) >= 11 is 6.22. The molecule has 4 rings (SSSR count). The van der Waals surface area contributed by atoms with Gasteiger partial charge in [0.1, 0.15) is 11.5 Å². The highest BCUT2D eigenvalue weighted by molar-refractivity contribution is 6.30. The van der Waals surface area contributed by atoms with Crippen molar-refractivity contribution in [3.63, 3.8) is 0 Å². The third kappa shape index (κ3) is 4.91. The van der Waals surface area contributed by atoms with Gasteiger partial charge in [-0.15, -0.1) is 0 Å². The van der Waals surface area contributed by atoms with Crippen LogP contribution in [0.15, 0.2) is 48.7 Å². The van der Waals surface area contributed by atoms with Crippen molar-refractivity contribution >= 4 is 23.6 Å². The van der Waals surface area contributed by atoms with Gasteiger partial charge in [0.05, 0.1) is 6.04 Å². The van der Waals surface area contributed by atoms with Gasteiger partial charge in [-0.2, -0.15) is 0 Å². The molecule has 0 bridgehead atoms. The highest BCUT2D eigenvalue weighted by Gasteiger charge is 2.33. The predicted molar refractivity (Wildman–Crippen MR) is 135 cm³/mol.